The van der Waals surface area contributed by atoms with E-state index < -0.39 is 0 Å². The van der Waals surface area contributed by atoms with Gasteiger partial charge >= 0.3 is 0 Å². The van der Waals surface area contributed by atoms with Gasteiger partial charge in [0.05, 0.1) is 17.9 Å². The molecule has 7 heteroatoms. The predicted molar refractivity (Wildman–Crippen MR) is 160 cm³/mol. The summed E-state index contributed by atoms with van der Waals surface area (Å²) in [5.41, 5.74) is 12.5. The summed E-state index contributed by atoms with van der Waals surface area (Å²) in [5, 5.41) is 6.40. The lowest BCUT2D eigenvalue weighted by Gasteiger charge is -2.17. The van der Waals surface area contributed by atoms with E-state index in [-0.39, 0.29) is 5.91 Å². The summed E-state index contributed by atoms with van der Waals surface area (Å²) in [6.45, 7) is 6.01. The summed E-state index contributed by atoms with van der Waals surface area (Å²) in [6, 6.07) is 29.0. The molecule has 3 aromatic carbocycles. The van der Waals surface area contributed by atoms with E-state index in [1.165, 1.54) is 0 Å². The quantitative estimate of drug-likeness (QED) is 0.159. The first-order valence-electron chi connectivity index (χ1n) is 12.8. The average molecular weight is 519 g/mol. The molecular formula is C32H34N6O. The van der Waals surface area contributed by atoms with Crippen molar-refractivity contribution in [3.8, 4) is 11.1 Å². The summed E-state index contributed by atoms with van der Waals surface area (Å²) >= 11 is 0. The number of pyridine rings is 1. The van der Waals surface area contributed by atoms with E-state index in [4.69, 9.17) is 10.7 Å². The topological polar surface area (TPSA) is 95.6 Å². The number of amidine groups is 1. The van der Waals surface area contributed by atoms with Gasteiger partial charge in [0, 0.05) is 41.7 Å². The number of nitrogen functional groups attached to an aromatic ring is 1. The molecule has 0 aliphatic heterocycles. The molecule has 1 aromatic heterocycles. The lowest BCUT2D eigenvalue weighted by Crippen LogP contribution is -2.31. The highest BCUT2D eigenvalue weighted by Gasteiger charge is 2.16. The number of hydrogen-bond acceptors (Lipinski definition) is 5. The molecule has 0 atom stereocenters. The van der Waals surface area contributed by atoms with Crippen molar-refractivity contribution < 1.29 is 4.79 Å². The largest absolute Gasteiger partial charge is 0.398 e. The Morgan fingerprint density at radius 1 is 0.923 bits per heavy atom. The molecule has 4 N–H and O–H groups in total. The minimum atomic E-state index is -0.136. The van der Waals surface area contributed by atoms with Crippen LogP contribution in [0.5, 0.6) is 0 Å². The van der Waals surface area contributed by atoms with Crippen molar-refractivity contribution >= 4 is 23.1 Å². The molecule has 0 bridgehead atoms. The molecule has 0 aliphatic rings. The number of nitrogens with two attached hydrogens (primary N) is 1. The van der Waals surface area contributed by atoms with Gasteiger partial charge in [-0.05, 0) is 55.6 Å². The molecule has 7 nitrogen and oxygen atoms in total. The standard InChI is InChI=1S/C32H34N6O/c1-23(25-13-9-14-26(21-25)32(39)35-19-20-38(2)3)37-31(36-22-27-15-7-8-18-34-27)30-28(16-10-17-29(30)33)24-11-5-4-6-12-24/h4-18,21H,1,19-20,22,33H2,2-3H3,(H,35,39)(H,36,37). The van der Waals surface area contributed by atoms with Crippen LogP contribution < -0.4 is 16.4 Å². The van der Waals surface area contributed by atoms with Gasteiger partial charge in [0.25, 0.3) is 5.91 Å². The van der Waals surface area contributed by atoms with Gasteiger partial charge in [-0.15, -0.1) is 0 Å². The van der Waals surface area contributed by atoms with Gasteiger partial charge in [0.1, 0.15) is 5.84 Å². The molecule has 0 saturated carbocycles. The summed E-state index contributed by atoms with van der Waals surface area (Å²) in [4.78, 5) is 24.1. The first-order valence-corrected chi connectivity index (χ1v) is 12.8. The number of hydrogen-bond donors (Lipinski definition) is 3. The van der Waals surface area contributed by atoms with Crippen LogP contribution >= 0.6 is 0 Å². The maximum atomic E-state index is 12.7. The molecule has 4 aromatic rings. The van der Waals surface area contributed by atoms with Crippen molar-refractivity contribution in [2.45, 2.75) is 6.54 Å². The van der Waals surface area contributed by atoms with Crippen molar-refractivity contribution in [2.24, 2.45) is 4.99 Å². The van der Waals surface area contributed by atoms with Gasteiger partial charge in [-0.3, -0.25) is 9.78 Å². The number of aromatic nitrogens is 1. The van der Waals surface area contributed by atoms with E-state index in [0.29, 0.717) is 35.9 Å². The minimum absolute atomic E-state index is 0.136. The zero-order valence-electron chi connectivity index (χ0n) is 22.4. The molecule has 39 heavy (non-hydrogen) atoms. The molecule has 0 radical (unpaired) electrons. The Bertz CT molecular complexity index is 1450. The van der Waals surface area contributed by atoms with Crippen LogP contribution in [0.4, 0.5) is 5.69 Å². The van der Waals surface area contributed by atoms with Crippen molar-refractivity contribution in [1.29, 1.82) is 0 Å². The zero-order valence-corrected chi connectivity index (χ0v) is 22.4. The van der Waals surface area contributed by atoms with Gasteiger partial charge in [0.2, 0.25) is 0 Å². The smallest absolute Gasteiger partial charge is 0.251 e. The second-order valence-corrected chi connectivity index (χ2v) is 9.36. The highest BCUT2D eigenvalue weighted by molar-refractivity contribution is 6.10. The SMILES string of the molecule is C=C(/N=C(/NCc1ccccn1)c1c(N)cccc1-c1ccccc1)c1cccc(C(=O)NCCN(C)C)c1. The predicted octanol–water partition coefficient (Wildman–Crippen LogP) is 4.83. The average Bonchev–Trinajstić information content (AvgIpc) is 2.96. The Kier molecular flexibility index (Phi) is 9.21. The van der Waals surface area contributed by atoms with Crippen molar-refractivity contribution in [1.82, 2.24) is 20.5 Å². The number of likely N-dealkylation sites (N-methyl/N-ethyl adjacent to an activating group) is 1. The monoisotopic (exact) mass is 518 g/mol. The maximum absolute atomic E-state index is 12.7. The van der Waals surface area contributed by atoms with Crippen LogP contribution in [-0.4, -0.2) is 48.8 Å². The van der Waals surface area contributed by atoms with Gasteiger partial charge in [-0.1, -0.05) is 67.2 Å². The van der Waals surface area contributed by atoms with Crippen LogP contribution in [0, 0.1) is 0 Å². The molecule has 0 saturated heterocycles. The number of amides is 1. The Morgan fingerprint density at radius 2 is 1.67 bits per heavy atom. The van der Waals surface area contributed by atoms with Crippen molar-refractivity contribution in [2.75, 3.05) is 32.9 Å². The Balaban J connectivity index is 1.69. The molecule has 1 heterocycles. The van der Waals surface area contributed by atoms with Crippen LogP contribution in [0.15, 0.2) is 109 Å². The van der Waals surface area contributed by atoms with Crippen molar-refractivity contribution in [3.63, 3.8) is 0 Å². The maximum Gasteiger partial charge on any atom is 0.251 e. The number of anilines is 1. The Labute approximate surface area is 230 Å². The number of aliphatic imine (C=N–C) groups is 1. The lowest BCUT2D eigenvalue weighted by molar-refractivity contribution is 0.0951. The number of benzene rings is 3. The van der Waals surface area contributed by atoms with E-state index in [1.807, 2.05) is 97.9 Å². The third-order valence-electron chi connectivity index (χ3n) is 6.13. The fourth-order valence-corrected chi connectivity index (χ4v) is 4.09. The minimum Gasteiger partial charge on any atom is -0.398 e. The Hall–Kier alpha value is -4.75. The molecule has 1 amide bonds. The molecule has 198 valence electrons. The fourth-order valence-electron chi connectivity index (χ4n) is 4.09. The first-order chi connectivity index (χ1) is 18.9. The van der Waals surface area contributed by atoms with Gasteiger partial charge < -0.3 is 21.3 Å². The molecule has 0 unspecified atom stereocenters. The second kappa shape index (κ2) is 13.2. The fraction of sp³-hybridized carbons (Fsp3) is 0.156. The third kappa shape index (κ3) is 7.40. The summed E-state index contributed by atoms with van der Waals surface area (Å²) in [7, 11) is 3.94. The highest BCUT2D eigenvalue weighted by atomic mass is 16.1. The highest BCUT2D eigenvalue weighted by Crippen LogP contribution is 2.29. The second-order valence-electron chi connectivity index (χ2n) is 9.36. The van der Waals surface area contributed by atoms with E-state index >= 15 is 0 Å². The number of nitrogens with one attached hydrogen (secondary N) is 2. The first kappa shape index (κ1) is 27.3. The van der Waals surface area contributed by atoms with Gasteiger partial charge in [-0.25, -0.2) is 4.99 Å². The van der Waals surface area contributed by atoms with Gasteiger partial charge in [-0.2, -0.15) is 0 Å². The van der Waals surface area contributed by atoms with Crippen LogP contribution in [0.25, 0.3) is 16.8 Å². The normalized spacial score (nSPS) is 11.3. The van der Waals surface area contributed by atoms with E-state index in [2.05, 4.69) is 22.2 Å². The van der Waals surface area contributed by atoms with E-state index in [9.17, 15) is 4.79 Å². The zero-order chi connectivity index (χ0) is 27.6. The molecular weight excluding hydrogens is 484 g/mol. The number of nitrogens with zero attached hydrogens (tertiary/aromatic N) is 3. The Morgan fingerprint density at radius 3 is 2.41 bits per heavy atom. The number of rotatable bonds is 10. The van der Waals surface area contributed by atoms with Crippen LogP contribution in [0.2, 0.25) is 0 Å². The summed E-state index contributed by atoms with van der Waals surface area (Å²) < 4.78 is 0. The van der Waals surface area contributed by atoms with Crippen LogP contribution in [0.3, 0.4) is 0 Å². The summed E-state index contributed by atoms with van der Waals surface area (Å²) in [5.74, 6) is 0.436. The lowest BCUT2D eigenvalue weighted by atomic mass is 9.97. The van der Waals surface area contributed by atoms with Gasteiger partial charge in [0.15, 0.2) is 0 Å². The molecule has 4 rings (SSSR count). The third-order valence-corrected chi connectivity index (χ3v) is 6.13. The van der Waals surface area contributed by atoms with Crippen LogP contribution in [0.1, 0.15) is 27.2 Å². The molecule has 0 fully saturated rings. The molecule has 0 aliphatic carbocycles. The summed E-state index contributed by atoms with van der Waals surface area (Å²) in [6.07, 6.45) is 1.76. The number of carbonyl (C=O) groups is 1. The number of carbonyl (C=O) groups excluding carboxylic acids is 1. The van der Waals surface area contributed by atoms with E-state index in [1.54, 1.807) is 18.3 Å². The van der Waals surface area contributed by atoms with E-state index in [0.717, 1.165) is 34.5 Å². The van der Waals surface area contributed by atoms with Crippen LogP contribution in [-0.2, 0) is 6.54 Å². The van der Waals surface area contributed by atoms with Crippen molar-refractivity contribution in [3.05, 3.63) is 126 Å². The molecule has 0 spiro atoms.